The quantitative estimate of drug-likeness (QED) is 0.388. The Morgan fingerprint density at radius 1 is 1.03 bits per heavy atom. The molecule has 5 heteroatoms. The number of carbonyl (C=O) groups excluding carboxylic acids is 2. The second kappa shape index (κ2) is 8.68. The van der Waals surface area contributed by atoms with E-state index in [1.807, 2.05) is 24.3 Å². The first-order valence-corrected chi connectivity index (χ1v) is 9.62. The van der Waals surface area contributed by atoms with E-state index in [1.165, 1.54) is 24.3 Å². The van der Waals surface area contributed by atoms with Gasteiger partial charge in [0.15, 0.2) is 0 Å². The Balaban J connectivity index is 1.58. The fraction of sp³-hybridized carbons (Fsp3) is 0.0769. The molecule has 3 aromatic carbocycles. The Hall–Kier alpha value is -4.17. The van der Waals surface area contributed by atoms with Crippen molar-refractivity contribution in [2.45, 2.75) is 6.42 Å². The second-order valence-electron chi connectivity index (χ2n) is 6.98. The number of carbonyl (C=O) groups is 2. The van der Waals surface area contributed by atoms with Gasteiger partial charge in [0.25, 0.3) is 5.91 Å². The maximum absolute atomic E-state index is 13.5. The monoisotopic (exact) mass is 411 g/mol. The van der Waals surface area contributed by atoms with Crippen LogP contribution in [0.5, 0.6) is 5.75 Å². The molecule has 1 aliphatic rings. The molecule has 0 unspecified atom stereocenters. The van der Waals surface area contributed by atoms with Crippen LogP contribution in [0.25, 0.3) is 6.08 Å². The van der Waals surface area contributed by atoms with E-state index in [-0.39, 0.29) is 5.57 Å². The lowest BCUT2D eigenvalue weighted by Crippen LogP contribution is -2.27. The summed E-state index contributed by atoms with van der Waals surface area (Å²) in [5, 5.41) is 2.71. The summed E-state index contributed by atoms with van der Waals surface area (Å²) in [6, 6.07) is 18.5. The van der Waals surface area contributed by atoms with Crippen LogP contribution in [-0.2, 0) is 11.2 Å². The van der Waals surface area contributed by atoms with E-state index in [9.17, 15) is 14.0 Å². The van der Waals surface area contributed by atoms with Gasteiger partial charge in [-0.3, -0.25) is 9.59 Å². The van der Waals surface area contributed by atoms with Gasteiger partial charge in [-0.15, -0.1) is 0 Å². The van der Waals surface area contributed by atoms with Crippen molar-refractivity contribution in [2.75, 3.05) is 12.4 Å². The average molecular weight is 411 g/mol. The van der Waals surface area contributed by atoms with Gasteiger partial charge in [0.2, 0.25) is 5.78 Å². The van der Waals surface area contributed by atoms with Crippen molar-refractivity contribution in [2.24, 2.45) is 0 Å². The minimum atomic E-state index is -0.514. The van der Waals surface area contributed by atoms with Crippen molar-refractivity contribution >= 4 is 23.5 Å². The van der Waals surface area contributed by atoms with Gasteiger partial charge in [-0.2, -0.15) is 0 Å². The highest BCUT2D eigenvalue weighted by molar-refractivity contribution is 6.36. The average Bonchev–Trinajstić information content (AvgIpc) is 2.77. The molecule has 0 atom stereocenters. The molecule has 3 aromatic rings. The topological polar surface area (TPSA) is 55.4 Å². The third-order valence-electron chi connectivity index (χ3n) is 4.85. The van der Waals surface area contributed by atoms with Crippen molar-refractivity contribution in [3.05, 3.63) is 100 Å². The van der Waals surface area contributed by atoms with Crippen LogP contribution in [0.3, 0.4) is 0 Å². The van der Waals surface area contributed by atoms with Crippen LogP contribution in [0, 0.1) is 17.7 Å². The number of hydrogen-bond acceptors (Lipinski definition) is 3. The van der Waals surface area contributed by atoms with Crippen LogP contribution in [0.1, 0.15) is 27.0 Å². The second-order valence-corrected chi connectivity index (χ2v) is 6.98. The molecular formula is C26H18FNO3. The minimum absolute atomic E-state index is 0.0403. The lowest BCUT2D eigenvalue weighted by molar-refractivity contribution is -0.112. The summed E-state index contributed by atoms with van der Waals surface area (Å²) < 4.78 is 18.6. The van der Waals surface area contributed by atoms with E-state index in [4.69, 9.17) is 4.74 Å². The van der Waals surface area contributed by atoms with Gasteiger partial charge in [-0.1, -0.05) is 36.1 Å². The highest BCUT2D eigenvalue weighted by atomic mass is 19.1. The first-order valence-electron chi connectivity index (χ1n) is 9.62. The van der Waals surface area contributed by atoms with E-state index in [1.54, 1.807) is 31.4 Å². The molecule has 0 saturated carbocycles. The highest BCUT2D eigenvalue weighted by Gasteiger charge is 2.28. The molecule has 1 aliphatic heterocycles. The molecule has 0 aromatic heterocycles. The van der Waals surface area contributed by atoms with Crippen LogP contribution in [-0.4, -0.2) is 18.8 Å². The summed E-state index contributed by atoms with van der Waals surface area (Å²) in [5.41, 5.74) is 2.92. The number of nitrogens with one attached hydrogen (secondary N) is 1. The molecule has 4 nitrogen and oxygen atoms in total. The predicted molar refractivity (Wildman–Crippen MR) is 117 cm³/mol. The maximum Gasteiger partial charge on any atom is 0.259 e. The van der Waals surface area contributed by atoms with Gasteiger partial charge in [0.05, 0.1) is 18.4 Å². The number of fused-ring (bicyclic) bond motifs is 1. The fourth-order valence-corrected chi connectivity index (χ4v) is 3.24. The highest BCUT2D eigenvalue weighted by Crippen LogP contribution is 2.27. The summed E-state index contributed by atoms with van der Waals surface area (Å²) in [7, 11) is 1.62. The van der Waals surface area contributed by atoms with E-state index < -0.39 is 17.5 Å². The summed E-state index contributed by atoms with van der Waals surface area (Å²) >= 11 is 0. The van der Waals surface area contributed by atoms with Crippen molar-refractivity contribution in [3.63, 3.8) is 0 Å². The number of benzene rings is 3. The molecule has 152 valence electrons. The van der Waals surface area contributed by atoms with E-state index >= 15 is 0 Å². The molecule has 0 bridgehead atoms. The number of ketones is 1. The maximum atomic E-state index is 13.5. The number of anilines is 1. The Morgan fingerprint density at radius 2 is 1.84 bits per heavy atom. The summed E-state index contributed by atoms with van der Waals surface area (Å²) in [5.74, 6) is 5.58. The number of amides is 1. The van der Waals surface area contributed by atoms with Gasteiger partial charge >= 0.3 is 0 Å². The zero-order chi connectivity index (χ0) is 21.8. The standard InChI is InChI=1S/C26H18FNO3/c1-31-21-11-8-17(9-12-21)4-2-5-18-10-13-24-22(15-18)25(29)23(26(30)28-24)16-19-6-3-7-20(27)14-19/h3,6-16H,4H2,1H3,(H,28,30)/b23-16+. The third kappa shape index (κ3) is 4.54. The van der Waals surface area contributed by atoms with Gasteiger partial charge in [0, 0.05) is 17.5 Å². The van der Waals surface area contributed by atoms with E-state index in [0.29, 0.717) is 28.8 Å². The zero-order valence-electron chi connectivity index (χ0n) is 16.7. The molecule has 1 N–H and O–H groups in total. The SMILES string of the molecule is COc1ccc(CC#Cc2ccc3c(c2)C(=O)/C(=C\c2cccc(F)c2)C(=O)N3)cc1. The molecule has 4 rings (SSSR count). The number of methoxy groups -OCH3 is 1. The molecule has 0 saturated heterocycles. The Kier molecular flexibility index (Phi) is 5.63. The van der Waals surface area contributed by atoms with Crippen LogP contribution in [0.15, 0.2) is 72.3 Å². The normalized spacial score (nSPS) is 13.8. The molecular weight excluding hydrogens is 393 g/mol. The number of ether oxygens (including phenoxy) is 1. The Morgan fingerprint density at radius 3 is 2.58 bits per heavy atom. The number of Topliss-reactive ketones (excluding diaryl/α,β-unsaturated/α-hetero) is 1. The van der Waals surface area contributed by atoms with Gasteiger partial charge < -0.3 is 10.1 Å². The van der Waals surface area contributed by atoms with Crippen LogP contribution in [0.2, 0.25) is 0 Å². The zero-order valence-corrected chi connectivity index (χ0v) is 16.7. The van der Waals surface area contributed by atoms with Crippen molar-refractivity contribution in [1.29, 1.82) is 0 Å². The lowest BCUT2D eigenvalue weighted by Gasteiger charge is -2.18. The summed E-state index contributed by atoms with van der Waals surface area (Å²) in [6.45, 7) is 0. The largest absolute Gasteiger partial charge is 0.497 e. The first kappa shape index (κ1) is 20.1. The lowest BCUT2D eigenvalue weighted by atomic mass is 9.93. The Bertz CT molecular complexity index is 1260. The molecule has 1 heterocycles. The van der Waals surface area contributed by atoms with Crippen molar-refractivity contribution in [3.8, 4) is 17.6 Å². The molecule has 0 spiro atoms. The van der Waals surface area contributed by atoms with Crippen LogP contribution >= 0.6 is 0 Å². The fourth-order valence-electron chi connectivity index (χ4n) is 3.24. The van der Waals surface area contributed by atoms with E-state index in [2.05, 4.69) is 17.2 Å². The van der Waals surface area contributed by atoms with Gasteiger partial charge in [0.1, 0.15) is 11.6 Å². The minimum Gasteiger partial charge on any atom is -0.497 e. The predicted octanol–water partition coefficient (Wildman–Crippen LogP) is 4.65. The number of rotatable bonds is 3. The first-order chi connectivity index (χ1) is 15.0. The van der Waals surface area contributed by atoms with Crippen molar-refractivity contribution in [1.82, 2.24) is 0 Å². The molecule has 1 amide bonds. The Labute approximate surface area is 179 Å². The number of hydrogen-bond donors (Lipinski definition) is 1. The van der Waals surface area contributed by atoms with E-state index in [0.717, 1.165) is 11.3 Å². The molecule has 31 heavy (non-hydrogen) atoms. The van der Waals surface area contributed by atoms with Crippen molar-refractivity contribution < 1.29 is 18.7 Å². The molecule has 0 fully saturated rings. The smallest absolute Gasteiger partial charge is 0.259 e. The van der Waals surface area contributed by atoms with Crippen LogP contribution in [0.4, 0.5) is 10.1 Å². The molecule has 0 aliphatic carbocycles. The summed E-state index contributed by atoms with van der Waals surface area (Å²) in [4.78, 5) is 25.3. The third-order valence-corrected chi connectivity index (χ3v) is 4.85. The van der Waals surface area contributed by atoms with Gasteiger partial charge in [-0.25, -0.2) is 4.39 Å². The van der Waals surface area contributed by atoms with Crippen LogP contribution < -0.4 is 10.1 Å². The summed E-state index contributed by atoms with van der Waals surface area (Å²) in [6.07, 6.45) is 1.95. The molecule has 0 radical (unpaired) electrons. The van der Waals surface area contributed by atoms with Gasteiger partial charge in [-0.05, 0) is 59.7 Å². The number of halogens is 1.